The van der Waals surface area contributed by atoms with Gasteiger partial charge in [-0.15, -0.1) is 0 Å². The average molecular weight is 368 g/mol. The van der Waals surface area contributed by atoms with Crippen molar-refractivity contribution in [1.29, 1.82) is 0 Å². The van der Waals surface area contributed by atoms with Gasteiger partial charge in [0.15, 0.2) is 0 Å². The summed E-state index contributed by atoms with van der Waals surface area (Å²) in [5, 5.41) is 2.85. The van der Waals surface area contributed by atoms with Crippen LogP contribution in [-0.2, 0) is 0 Å². The molecule has 0 radical (unpaired) electrons. The van der Waals surface area contributed by atoms with Gasteiger partial charge in [-0.2, -0.15) is 0 Å². The first kappa shape index (κ1) is 20.5. The normalized spacial score (nSPS) is 10.3. The summed E-state index contributed by atoms with van der Waals surface area (Å²) in [5.74, 6) is 0.480. The molecule has 0 fully saturated rings. The predicted octanol–water partition coefficient (Wildman–Crippen LogP) is 4.60. The van der Waals surface area contributed by atoms with Crippen LogP contribution < -0.4 is 10.1 Å². The Labute approximate surface area is 161 Å². The minimum atomic E-state index is -0.214. The molecule has 5 nitrogen and oxygen atoms in total. The molecule has 144 valence electrons. The zero-order valence-electron chi connectivity index (χ0n) is 16.3. The summed E-state index contributed by atoms with van der Waals surface area (Å²) in [6, 6.07) is 14.1. The average Bonchev–Trinajstić information content (AvgIpc) is 2.68. The van der Waals surface area contributed by atoms with Gasteiger partial charge in [0.05, 0.1) is 6.61 Å². The summed E-state index contributed by atoms with van der Waals surface area (Å²) < 4.78 is 5.43. The first-order valence-electron chi connectivity index (χ1n) is 9.52. The van der Waals surface area contributed by atoms with E-state index in [4.69, 9.17) is 4.74 Å². The van der Waals surface area contributed by atoms with Gasteiger partial charge in [-0.3, -0.25) is 9.59 Å². The van der Waals surface area contributed by atoms with Crippen molar-refractivity contribution in [2.24, 2.45) is 0 Å². The van der Waals surface area contributed by atoms with E-state index in [1.807, 2.05) is 17.9 Å². The van der Waals surface area contributed by atoms with Crippen LogP contribution in [0.3, 0.4) is 0 Å². The summed E-state index contributed by atoms with van der Waals surface area (Å²) in [4.78, 5) is 26.9. The number of anilines is 1. The Morgan fingerprint density at radius 3 is 2.19 bits per heavy atom. The number of ether oxygens (including phenoxy) is 1. The fraction of sp³-hybridized carbons (Fsp3) is 0.364. The van der Waals surface area contributed by atoms with Gasteiger partial charge in [-0.1, -0.05) is 19.9 Å². The van der Waals surface area contributed by atoms with Crippen molar-refractivity contribution in [3.63, 3.8) is 0 Å². The van der Waals surface area contributed by atoms with E-state index in [0.29, 0.717) is 29.2 Å². The lowest BCUT2D eigenvalue weighted by Crippen LogP contribution is -2.32. The molecule has 0 saturated heterocycles. The van der Waals surface area contributed by atoms with Crippen LogP contribution in [0.15, 0.2) is 48.5 Å². The van der Waals surface area contributed by atoms with Crippen LogP contribution in [0.25, 0.3) is 0 Å². The fourth-order valence-corrected chi connectivity index (χ4v) is 2.83. The molecule has 0 aliphatic carbocycles. The maximum absolute atomic E-state index is 12.6. The number of benzene rings is 2. The zero-order valence-corrected chi connectivity index (χ0v) is 16.3. The SMILES string of the molecule is CCCN(CCC)C(=O)c1ccc(NC(=O)c2cccc(OCC)c2)cc1. The van der Waals surface area contributed by atoms with Crippen LogP contribution in [0.5, 0.6) is 5.75 Å². The Kier molecular flexibility index (Phi) is 7.86. The van der Waals surface area contributed by atoms with Crippen LogP contribution in [0.1, 0.15) is 54.3 Å². The molecular formula is C22H28N2O3. The molecular weight excluding hydrogens is 340 g/mol. The maximum Gasteiger partial charge on any atom is 0.255 e. The van der Waals surface area contributed by atoms with Crippen molar-refractivity contribution in [3.8, 4) is 5.75 Å². The summed E-state index contributed by atoms with van der Waals surface area (Å²) in [6.07, 6.45) is 1.86. The standard InChI is InChI=1S/C22H28N2O3/c1-4-14-24(15-5-2)22(26)17-10-12-19(13-11-17)23-21(25)18-8-7-9-20(16-18)27-6-3/h7-13,16H,4-6,14-15H2,1-3H3,(H,23,25). The topological polar surface area (TPSA) is 58.6 Å². The van der Waals surface area contributed by atoms with Crippen molar-refractivity contribution < 1.29 is 14.3 Å². The quantitative estimate of drug-likeness (QED) is 0.704. The van der Waals surface area contributed by atoms with Crippen LogP contribution in [0.2, 0.25) is 0 Å². The van der Waals surface area contributed by atoms with Gasteiger partial charge in [-0.25, -0.2) is 0 Å². The van der Waals surface area contributed by atoms with Gasteiger partial charge in [0.1, 0.15) is 5.75 Å². The highest BCUT2D eigenvalue weighted by Gasteiger charge is 2.14. The smallest absolute Gasteiger partial charge is 0.255 e. The molecule has 2 rings (SSSR count). The second kappa shape index (κ2) is 10.4. The highest BCUT2D eigenvalue weighted by Crippen LogP contribution is 2.17. The number of nitrogens with one attached hydrogen (secondary N) is 1. The first-order chi connectivity index (χ1) is 13.1. The van der Waals surface area contributed by atoms with Crippen LogP contribution >= 0.6 is 0 Å². The van der Waals surface area contributed by atoms with E-state index in [2.05, 4.69) is 19.2 Å². The Bertz CT molecular complexity index is 750. The summed E-state index contributed by atoms with van der Waals surface area (Å²) in [5.41, 5.74) is 1.81. The third-order valence-electron chi connectivity index (χ3n) is 4.07. The number of hydrogen-bond donors (Lipinski definition) is 1. The van der Waals surface area contributed by atoms with Crippen molar-refractivity contribution in [1.82, 2.24) is 4.90 Å². The van der Waals surface area contributed by atoms with Crippen LogP contribution in [0.4, 0.5) is 5.69 Å². The molecule has 0 spiro atoms. The van der Waals surface area contributed by atoms with Gasteiger partial charge < -0.3 is 15.0 Å². The molecule has 0 atom stereocenters. The molecule has 0 aliphatic rings. The molecule has 0 bridgehead atoms. The summed E-state index contributed by atoms with van der Waals surface area (Å²) >= 11 is 0. The maximum atomic E-state index is 12.6. The predicted molar refractivity (Wildman–Crippen MR) is 108 cm³/mol. The van der Waals surface area contributed by atoms with Crippen molar-refractivity contribution in [2.75, 3.05) is 25.0 Å². The Morgan fingerprint density at radius 1 is 0.926 bits per heavy atom. The largest absolute Gasteiger partial charge is 0.494 e. The van der Waals surface area contributed by atoms with Gasteiger partial charge in [0, 0.05) is 29.9 Å². The molecule has 0 aromatic heterocycles. The second-order valence-corrected chi connectivity index (χ2v) is 6.28. The van der Waals surface area contributed by atoms with E-state index < -0.39 is 0 Å². The lowest BCUT2D eigenvalue weighted by molar-refractivity contribution is 0.0755. The third-order valence-corrected chi connectivity index (χ3v) is 4.07. The number of hydrogen-bond acceptors (Lipinski definition) is 3. The number of rotatable bonds is 9. The van der Waals surface area contributed by atoms with Crippen molar-refractivity contribution in [3.05, 3.63) is 59.7 Å². The minimum absolute atomic E-state index is 0.0287. The number of amides is 2. The van der Waals surface area contributed by atoms with E-state index in [9.17, 15) is 9.59 Å². The van der Waals surface area contributed by atoms with Gasteiger partial charge in [0.25, 0.3) is 11.8 Å². The van der Waals surface area contributed by atoms with Crippen molar-refractivity contribution in [2.45, 2.75) is 33.6 Å². The number of carbonyl (C=O) groups excluding carboxylic acids is 2. The highest BCUT2D eigenvalue weighted by atomic mass is 16.5. The van der Waals surface area contributed by atoms with E-state index >= 15 is 0 Å². The minimum Gasteiger partial charge on any atom is -0.494 e. The molecule has 0 aliphatic heterocycles. The number of carbonyl (C=O) groups is 2. The first-order valence-corrected chi connectivity index (χ1v) is 9.52. The summed E-state index contributed by atoms with van der Waals surface area (Å²) in [6.45, 7) is 8.08. The molecule has 0 unspecified atom stereocenters. The van der Waals surface area contributed by atoms with Gasteiger partial charge >= 0.3 is 0 Å². The second-order valence-electron chi connectivity index (χ2n) is 6.28. The molecule has 2 amide bonds. The lowest BCUT2D eigenvalue weighted by Gasteiger charge is -2.21. The molecule has 1 N–H and O–H groups in total. The van der Waals surface area contributed by atoms with E-state index in [-0.39, 0.29) is 11.8 Å². The molecule has 0 saturated carbocycles. The van der Waals surface area contributed by atoms with Gasteiger partial charge in [0.2, 0.25) is 0 Å². The van der Waals surface area contributed by atoms with Gasteiger partial charge in [-0.05, 0) is 62.2 Å². The fourth-order valence-electron chi connectivity index (χ4n) is 2.83. The molecule has 2 aromatic rings. The Hall–Kier alpha value is -2.82. The van der Waals surface area contributed by atoms with Crippen LogP contribution in [0, 0.1) is 0 Å². The molecule has 0 heterocycles. The Morgan fingerprint density at radius 2 is 1.59 bits per heavy atom. The van der Waals surface area contributed by atoms with E-state index in [1.165, 1.54) is 0 Å². The summed E-state index contributed by atoms with van der Waals surface area (Å²) in [7, 11) is 0. The molecule has 2 aromatic carbocycles. The zero-order chi connectivity index (χ0) is 19.6. The van der Waals surface area contributed by atoms with E-state index in [1.54, 1.807) is 42.5 Å². The van der Waals surface area contributed by atoms with Crippen molar-refractivity contribution >= 4 is 17.5 Å². The monoisotopic (exact) mass is 368 g/mol. The Balaban J connectivity index is 2.05. The molecule has 5 heteroatoms. The van der Waals surface area contributed by atoms with E-state index in [0.717, 1.165) is 25.9 Å². The van der Waals surface area contributed by atoms with Crippen LogP contribution in [-0.4, -0.2) is 36.4 Å². The molecule has 27 heavy (non-hydrogen) atoms. The number of nitrogens with zero attached hydrogens (tertiary/aromatic N) is 1. The lowest BCUT2D eigenvalue weighted by atomic mass is 10.1. The third kappa shape index (κ3) is 5.84. The highest BCUT2D eigenvalue weighted by molar-refractivity contribution is 6.04.